The second-order valence-corrected chi connectivity index (χ2v) is 8.55. The summed E-state index contributed by atoms with van der Waals surface area (Å²) in [4.78, 5) is 26.1. The molecule has 2 aliphatic rings. The summed E-state index contributed by atoms with van der Waals surface area (Å²) >= 11 is 0. The van der Waals surface area contributed by atoms with Crippen molar-refractivity contribution in [2.75, 3.05) is 43.5 Å². The average Bonchev–Trinajstić information content (AvgIpc) is 3.02. The standard InChI is InChI=1S/C22H31N5O3/c1-22(29)9-13-27(14-10-22)21(28)25-18-15-23-19-16(26-11-5-3-4-6-12-26)7-8-17(30-2)20(19)24-18/h7-8,15,29H,3-6,9-14H2,1-2H3,(H,24,25,28). The minimum absolute atomic E-state index is 0.221. The second kappa shape index (κ2) is 8.63. The van der Waals surface area contributed by atoms with E-state index in [0.29, 0.717) is 43.0 Å². The van der Waals surface area contributed by atoms with E-state index < -0.39 is 5.60 Å². The van der Waals surface area contributed by atoms with Crippen LogP contribution in [0, 0.1) is 0 Å². The van der Waals surface area contributed by atoms with E-state index in [-0.39, 0.29) is 6.03 Å². The van der Waals surface area contributed by atoms with Crippen LogP contribution >= 0.6 is 0 Å². The van der Waals surface area contributed by atoms with Crippen molar-refractivity contribution >= 4 is 28.6 Å². The first kappa shape index (κ1) is 20.7. The number of ether oxygens (including phenoxy) is 1. The zero-order valence-corrected chi connectivity index (χ0v) is 17.9. The Hall–Kier alpha value is -2.61. The fraction of sp³-hybridized carbons (Fsp3) is 0.591. The topological polar surface area (TPSA) is 90.8 Å². The van der Waals surface area contributed by atoms with Crippen LogP contribution in [0.5, 0.6) is 5.75 Å². The van der Waals surface area contributed by atoms with E-state index >= 15 is 0 Å². The summed E-state index contributed by atoms with van der Waals surface area (Å²) in [7, 11) is 1.62. The lowest BCUT2D eigenvalue weighted by molar-refractivity contribution is 0.00569. The molecule has 3 heterocycles. The lowest BCUT2D eigenvalue weighted by Gasteiger charge is -2.35. The molecule has 1 aromatic heterocycles. The van der Waals surface area contributed by atoms with Crippen LogP contribution in [0.1, 0.15) is 45.4 Å². The third-order valence-corrected chi connectivity index (χ3v) is 6.17. The number of likely N-dealkylation sites (tertiary alicyclic amines) is 1. The Bertz CT molecular complexity index is 899. The van der Waals surface area contributed by atoms with E-state index in [1.165, 1.54) is 25.7 Å². The summed E-state index contributed by atoms with van der Waals surface area (Å²) in [5.74, 6) is 1.04. The number of urea groups is 1. The number of carbonyl (C=O) groups excluding carboxylic acids is 1. The number of benzene rings is 1. The van der Waals surface area contributed by atoms with Crippen molar-refractivity contribution in [3.05, 3.63) is 18.3 Å². The molecule has 2 amide bonds. The Balaban J connectivity index is 1.57. The van der Waals surface area contributed by atoms with Gasteiger partial charge in [0.1, 0.15) is 16.8 Å². The maximum atomic E-state index is 12.6. The van der Waals surface area contributed by atoms with Gasteiger partial charge in [0.2, 0.25) is 0 Å². The molecule has 2 saturated heterocycles. The van der Waals surface area contributed by atoms with Crippen LogP contribution in [0.3, 0.4) is 0 Å². The molecule has 0 unspecified atom stereocenters. The molecule has 2 fully saturated rings. The zero-order chi connectivity index (χ0) is 21.1. The van der Waals surface area contributed by atoms with Crippen LogP contribution in [0.25, 0.3) is 11.0 Å². The Morgan fingerprint density at radius 2 is 1.80 bits per heavy atom. The van der Waals surface area contributed by atoms with Gasteiger partial charge in [-0.2, -0.15) is 0 Å². The maximum absolute atomic E-state index is 12.6. The molecule has 30 heavy (non-hydrogen) atoms. The van der Waals surface area contributed by atoms with Gasteiger partial charge in [0, 0.05) is 26.2 Å². The molecule has 8 nitrogen and oxygen atoms in total. The van der Waals surface area contributed by atoms with E-state index in [2.05, 4.69) is 26.3 Å². The molecule has 4 rings (SSSR count). The fourth-order valence-electron chi connectivity index (χ4n) is 4.23. The summed E-state index contributed by atoms with van der Waals surface area (Å²) in [5, 5.41) is 12.9. The van der Waals surface area contributed by atoms with Gasteiger partial charge < -0.3 is 19.6 Å². The summed E-state index contributed by atoms with van der Waals surface area (Å²) in [6, 6.07) is 3.76. The predicted octanol–water partition coefficient (Wildman–Crippen LogP) is 3.40. The number of methoxy groups -OCH3 is 1. The average molecular weight is 414 g/mol. The monoisotopic (exact) mass is 413 g/mol. The van der Waals surface area contributed by atoms with Crippen molar-refractivity contribution in [1.82, 2.24) is 14.9 Å². The quantitative estimate of drug-likeness (QED) is 0.802. The van der Waals surface area contributed by atoms with Gasteiger partial charge in [0.05, 0.1) is 24.6 Å². The van der Waals surface area contributed by atoms with E-state index in [9.17, 15) is 9.90 Å². The van der Waals surface area contributed by atoms with Crippen LogP contribution in [-0.2, 0) is 0 Å². The summed E-state index contributed by atoms with van der Waals surface area (Å²) in [6.07, 6.45) is 7.63. The number of carbonyl (C=O) groups is 1. The van der Waals surface area contributed by atoms with Gasteiger partial charge >= 0.3 is 6.03 Å². The van der Waals surface area contributed by atoms with Crippen molar-refractivity contribution in [2.45, 2.75) is 51.0 Å². The van der Waals surface area contributed by atoms with Crippen LogP contribution in [0.4, 0.5) is 16.3 Å². The normalized spacial score (nSPS) is 19.4. The third kappa shape index (κ3) is 4.43. The van der Waals surface area contributed by atoms with E-state index in [1.807, 2.05) is 13.0 Å². The van der Waals surface area contributed by atoms with Gasteiger partial charge in [0.25, 0.3) is 0 Å². The highest BCUT2D eigenvalue weighted by molar-refractivity contribution is 5.95. The van der Waals surface area contributed by atoms with Crippen molar-refractivity contribution in [3.63, 3.8) is 0 Å². The molecule has 0 bridgehead atoms. The largest absolute Gasteiger partial charge is 0.494 e. The van der Waals surface area contributed by atoms with Gasteiger partial charge in [-0.1, -0.05) is 12.8 Å². The Labute approximate surface area is 177 Å². The number of amides is 2. The first-order valence-corrected chi connectivity index (χ1v) is 10.8. The highest BCUT2D eigenvalue weighted by Crippen LogP contribution is 2.33. The highest BCUT2D eigenvalue weighted by Gasteiger charge is 2.29. The summed E-state index contributed by atoms with van der Waals surface area (Å²) < 4.78 is 5.52. The van der Waals surface area contributed by atoms with E-state index in [0.717, 1.165) is 24.3 Å². The zero-order valence-electron chi connectivity index (χ0n) is 17.9. The maximum Gasteiger partial charge on any atom is 0.323 e. The van der Waals surface area contributed by atoms with Crippen LogP contribution in [0.2, 0.25) is 0 Å². The predicted molar refractivity (Wildman–Crippen MR) is 117 cm³/mol. The first-order chi connectivity index (χ1) is 14.5. The second-order valence-electron chi connectivity index (χ2n) is 8.55. The molecule has 1 aromatic carbocycles. The lowest BCUT2D eigenvalue weighted by Crippen LogP contribution is -2.46. The van der Waals surface area contributed by atoms with Gasteiger partial charge in [-0.25, -0.2) is 14.8 Å². The Morgan fingerprint density at radius 1 is 1.10 bits per heavy atom. The number of rotatable bonds is 3. The van der Waals surface area contributed by atoms with Gasteiger partial charge in [-0.15, -0.1) is 0 Å². The number of piperidine rings is 1. The van der Waals surface area contributed by atoms with Gasteiger partial charge in [0.15, 0.2) is 5.82 Å². The molecular weight excluding hydrogens is 382 g/mol. The Morgan fingerprint density at radius 3 is 2.47 bits per heavy atom. The molecule has 2 N–H and O–H groups in total. The number of aliphatic hydroxyl groups is 1. The van der Waals surface area contributed by atoms with Crippen molar-refractivity contribution in [2.24, 2.45) is 0 Å². The van der Waals surface area contributed by atoms with Crippen molar-refractivity contribution in [1.29, 1.82) is 0 Å². The molecule has 8 heteroatoms. The molecule has 0 saturated carbocycles. The fourth-order valence-corrected chi connectivity index (χ4v) is 4.23. The van der Waals surface area contributed by atoms with Gasteiger partial charge in [-0.3, -0.25) is 5.32 Å². The minimum Gasteiger partial charge on any atom is -0.494 e. The molecule has 2 aliphatic heterocycles. The SMILES string of the molecule is COc1ccc(N2CCCCCC2)c2ncc(NC(=O)N3CCC(C)(O)CC3)nc12. The number of nitrogens with zero attached hydrogens (tertiary/aromatic N) is 4. The smallest absolute Gasteiger partial charge is 0.323 e. The lowest BCUT2D eigenvalue weighted by atomic mass is 9.94. The molecular formula is C22H31N5O3. The number of hydrogen-bond acceptors (Lipinski definition) is 6. The number of hydrogen-bond donors (Lipinski definition) is 2. The molecule has 2 aromatic rings. The third-order valence-electron chi connectivity index (χ3n) is 6.17. The summed E-state index contributed by atoms with van der Waals surface area (Å²) in [5.41, 5.74) is 1.81. The molecule has 0 aliphatic carbocycles. The Kier molecular flexibility index (Phi) is 5.94. The van der Waals surface area contributed by atoms with Crippen molar-refractivity contribution in [3.8, 4) is 5.75 Å². The summed E-state index contributed by atoms with van der Waals surface area (Å²) in [6.45, 7) is 4.87. The molecule has 0 radical (unpaired) electrons. The molecule has 162 valence electrons. The molecule has 0 spiro atoms. The van der Waals surface area contributed by atoms with E-state index in [1.54, 1.807) is 18.2 Å². The highest BCUT2D eigenvalue weighted by atomic mass is 16.5. The minimum atomic E-state index is -0.698. The van der Waals surface area contributed by atoms with Gasteiger partial charge in [-0.05, 0) is 44.7 Å². The van der Waals surface area contributed by atoms with E-state index in [4.69, 9.17) is 4.74 Å². The number of anilines is 2. The van der Waals surface area contributed by atoms with Crippen molar-refractivity contribution < 1.29 is 14.6 Å². The number of fused-ring (bicyclic) bond motifs is 1. The first-order valence-electron chi connectivity index (χ1n) is 10.8. The van der Waals surface area contributed by atoms with Crippen LogP contribution in [-0.4, -0.2) is 64.9 Å². The van der Waals surface area contributed by atoms with Crippen LogP contribution < -0.4 is 15.0 Å². The van der Waals surface area contributed by atoms with Crippen LogP contribution in [0.15, 0.2) is 18.3 Å². The number of aromatic nitrogens is 2. The molecule has 0 atom stereocenters. The number of nitrogens with one attached hydrogen (secondary N) is 1.